The number of hydrogen-bond acceptors (Lipinski definition) is 1. The molecule has 3 aromatic carbocycles. The molecule has 0 spiro atoms. The van der Waals surface area contributed by atoms with E-state index in [2.05, 4.69) is 96.3 Å². The van der Waals surface area contributed by atoms with Crippen molar-refractivity contribution in [2.24, 2.45) is 0 Å². The molecule has 26 heavy (non-hydrogen) atoms. The van der Waals surface area contributed by atoms with Crippen molar-refractivity contribution < 1.29 is 0 Å². The number of nitrogens with one attached hydrogen (secondary N) is 1. The Morgan fingerprint density at radius 1 is 0.615 bits per heavy atom. The molecule has 0 aliphatic heterocycles. The third kappa shape index (κ3) is 5.04. The first kappa shape index (κ1) is 23.0. The van der Waals surface area contributed by atoms with E-state index in [0.29, 0.717) is 0 Å². The summed E-state index contributed by atoms with van der Waals surface area (Å²) in [5.41, 5.74) is 0. The second kappa shape index (κ2) is 11.7. The standard InChI is InChI=1S/C22H26NP.2BrH/c1-23-18-11-19-24(20-12-5-2-6-13-20,21-14-7-3-8-15-21)22-16-9-4-10-17-22;;/h2-10,12-17,23-24H,11,18-19H2,1H3;2*1H. The molecule has 0 radical (unpaired) electrons. The van der Waals surface area contributed by atoms with Gasteiger partial charge in [0.1, 0.15) is 0 Å². The van der Waals surface area contributed by atoms with Gasteiger partial charge in [-0.25, -0.2) is 0 Å². The molecule has 0 amide bonds. The van der Waals surface area contributed by atoms with E-state index in [1.807, 2.05) is 7.05 Å². The van der Waals surface area contributed by atoms with Crippen LogP contribution < -0.4 is 21.2 Å². The molecule has 0 bridgehead atoms. The molecule has 0 fully saturated rings. The van der Waals surface area contributed by atoms with E-state index in [-0.39, 0.29) is 34.0 Å². The molecule has 0 heterocycles. The summed E-state index contributed by atoms with van der Waals surface area (Å²) < 4.78 is 0. The van der Waals surface area contributed by atoms with E-state index in [1.165, 1.54) is 28.5 Å². The Labute approximate surface area is 179 Å². The van der Waals surface area contributed by atoms with Crippen molar-refractivity contribution in [2.75, 3.05) is 19.8 Å². The third-order valence-corrected chi connectivity index (χ3v) is 9.84. The van der Waals surface area contributed by atoms with Crippen molar-refractivity contribution in [3.8, 4) is 0 Å². The van der Waals surface area contributed by atoms with Gasteiger partial charge in [-0.05, 0) is 0 Å². The van der Waals surface area contributed by atoms with Crippen LogP contribution in [0.5, 0.6) is 0 Å². The topological polar surface area (TPSA) is 12.0 Å². The van der Waals surface area contributed by atoms with Crippen LogP contribution in [0.3, 0.4) is 0 Å². The zero-order chi connectivity index (χ0) is 16.7. The van der Waals surface area contributed by atoms with E-state index in [4.69, 9.17) is 0 Å². The van der Waals surface area contributed by atoms with Gasteiger partial charge < -0.3 is 0 Å². The van der Waals surface area contributed by atoms with E-state index < -0.39 is 7.26 Å². The molecule has 0 saturated carbocycles. The van der Waals surface area contributed by atoms with Gasteiger partial charge in [-0.3, -0.25) is 0 Å². The molecule has 0 aliphatic carbocycles. The fourth-order valence-corrected chi connectivity index (χ4v) is 8.49. The second-order valence-corrected chi connectivity index (χ2v) is 10.3. The summed E-state index contributed by atoms with van der Waals surface area (Å²) in [4.78, 5) is 0. The van der Waals surface area contributed by atoms with Crippen LogP contribution >= 0.6 is 41.2 Å². The SMILES string of the molecule is Br.Br.CNCCC[PH](c1ccccc1)(c1ccccc1)c1ccccc1. The number of rotatable bonds is 7. The molecule has 1 N–H and O–H groups in total. The summed E-state index contributed by atoms with van der Waals surface area (Å²) in [5.74, 6) is 0. The Balaban J connectivity index is 0.00000169. The van der Waals surface area contributed by atoms with Gasteiger partial charge in [-0.15, -0.1) is 34.0 Å². The summed E-state index contributed by atoms with van der Waals surface area (Å²) in [6, 6.07) is 33.4. The summed E-state index contributed by atoms with van der Waals surface area (Å²) in [7, 11) is 0.0374. The minimum atomic E-state index is -2.00. The van der Waals surface area contributed by atoms with Gasteiger partial charge in [0.2, 0.25) is 0 Å². The van der Waals surface area contributed by atoms with Crippen molar-refractivity contribution in [1.29, 1.82) is 0 Å². The maximum atomic E-state index is 3.32. The van der Waals surface area contributed by atoms with Gasteiger partial charge in [0, 0.05) is 0 Å². The van der Waals surface area contributed by atoms with E-state index >= 15 is 0 Å². The molecule has 1 nitrogen and oxygen atoms in total. The quantitative estimate of drug-likeness (QED) is 0.375. The van der Waals surface area contributed by atoms with Crippen LogP contribution in [-0.4, -0.2) is 19.8 Å². The Bertz CT molecular complexity index is 639. The second-order valence-electron chi connectivity index (χ2n) is 6.21. The Hall–Kier alpha value is -0.990. The van der Waals surface area contributed by atoms with Crippen molar-refractivity contribution >= 4 is 57.1 Å². The Kier molecular flexibility index (Phi) is 10.3. The van der Waals surface area contributed by atoms with Gasteiger partial charge in [0.25, 0.3) is 0 Å². The summed E-state index contributed by atoms with van der Waals surface area (Å²) in [6.07, 6.45) is 2.40. The molecule has 0 atom stereocenters. The maximum absolute atomic E-state index is 3.32. The first-order chi connectivity index (χ1) is 11.9. The van der Waals surface area contributed by atoms with Crippen molar-refractivity contribution in [3.63, 3.8) is 0 Å². The van der Waals surface area contributed by atoms with E-state index in [9.17, 15) is 0 Å². The zero-order valence-corrected chi connectivity index (χ0v) is 19.5. The van der Waals surface area contributed by atoms with Crippen molar-refractivity contribution in [2.45, 2.75) is 6.42 Å². The first-order valence-electron chi connectivity index (χ1n) is 8.69. The van der Waals surface area contributed by atoms with Crippen LogP contribution in [-0.2, 0) is 0 Å². The first-order valence-corrected chi connectivity index (χ1v) is 10.9. The average Bonchev–Trinajstić information content (AvgIpc) is 2.68. The summed E-state index contributed by atoms with van der Waals surface area (Å²) in [6.45, 7) is 1.06. The summed E-state index contributed by atoms with van der Waals surface area (Å²) >= 11 is 0. The predicted molar refractivity (Wildman–Crippen MR) is 131 cm³/mol. The van der Waals surface area contributed by atoms with Crippen molar-refractivity contribution in [1.82, 2.24) is 5.32 Å². The van der Waals surface area contributed by atoms with Gasteiger partial charge in [0.15, 0.2) is 0 Å². The fraction of sp³-hybridized carbons (Fsp3) is 0.182. The van der Waals surface area contributed by atoms with Crippen LogP contribution in [0.4, 0.5) is 0 Å². The van der Waals surface area contributed by atoms with E-state index in [0.717, 1.165) is 6.54 Å². The molecule has 0 aromatic heterocycles. The zero-order valence-electron chi connectivity index (χ0n) is 15.1. The minimum absolute atomic E-state index is 0. The van der Waals surface area contributed by atoms with Crippen LogP contribution in [0.25, 0.3) is 0 Å². The van der Waals surface area contributed by atoms with Crippen LogP contribution in [0.1, 0.15) is 6.42 Å². The third-order valence-electron chi connectivity index (χ3n) is 4.78. The van der Waals surface area contributed by atoms with Gasteiger partial charge >= 0.3 is 146 Å². The van der Waals surface area contributed by atoms with Gasteiger partial charge in [-0.1, -0.05) is 0 Å². The molecular weight excluding hydrogens is 469 g/mol. The molecular formula is C22H28Br2NP. The Morgan fingerprint density at radius 2 is 0.962 bits per heavy atom. The van der Waals surface area contributed by atoms with Gasteiger partial charge in [0.05, 0.1) is 0 Å². The number of benzene rings is 3. The molecule has 140 valence electrons. The predicted octanol–water partition coefficient (Wildman–Crippen LogP) is 4.48. The molecule has 3 rings (SSSR count). The van der Waals surface area contributed by atoms with Crippen LogP contribution in [0, 0.1) is 0 Å². The van der Waals surface area contributed by atoms with Gasteiger partial charge in [-0.2, -0.15) is 0 Å². The van der Waals surface area contributed by atoms with E-state index in [1.54, 1.807) is 0 Å². The molecule has 0 aliphatic rings. The number of halogens is 2. The normalized spacial score (nSPS) is 11.1. The van der Waals surface area contributed by atoms with Crippen LogP contribution in [0.2, 0.25) is 0 Å². The molecule has 3 aromatic rings. The molecule has 4 heteroatoms. The Morgan fingerprint density at radius 3 is 1.27 bits per heavy atom. The van der Waals surface area contributed by atoms with Crippen molar-refractivity contribution in [3.05, 3.63) is 91.0 Å². The number of hydrogen-bond donors (Lipinski definition) is 1. The monoisotopic (exact) mass is 495 g/mol. The molecule has 0 unspecified atom stereocenters. The fourth-order valence-electron chi connectivity index (χ4n) is 3.63. The molecule has 0 saturated heterocycles. The average molecular weight is 497 g/mol. The van der Waals surface area contributed by atoms with Crippen LogP contribution in [0.15, 0.2) is 91.0 Å². The summed E-state index contributed by atoms with van der Waals surface area (Å²) in [5, 5.41) is 7.81.